The molecular weight excluding hydrogens is 483 g/mol. The van der Waals surface area contributed by atoms with Gasteiger partial charge in [-0.3, -0.25) is 19.4 Å². The van der Waals surface area contributed by atoms with Gasteiger partial charge in [0.2, 0.25) is 5.91 Å². The van der Waals surface area contributed by atoms with Crippen LogP contribution in [0, 0.1) is 5.92 Å². The average molecular weight is 518 g/mol. The summed E-state index contributed by atoms with van der Waals surface area (Å²) >= 11 is 0. The molecule has 2 aliphatic rings. The number of hydrogen-bond donors (Lipinski definition) is 1. The number of aryl methyl sites for hydroxylation is 1. The summed E-state index contributed by atoms with van der Waals surface area (Å²) in [5.41, 5.74) is 0. The number of rotatable bonds is 7. The highest BCUT2D eigenvalue weighted by Crippen LogP contribution is 2.28. The van der Waals surface area contributed by atoms with Gasteiger partial charge in [0.05, 0.1) is 13.1 Å². The number of carbonyl (C=O) groups excluding carboxylic acids is 1. The number of nitrogens with zero attached hydrogens (tertiary/aromatic N) is 7. The van der Waals surface area contributed by atoms with Gasteiger partial charge in [-0.25, -0.2) is 4.98 Å². The van der Waals surface area contributed by atoms with Crippen LogP contribution in [0.2, 0.25) is 0 Å². The Morgan fingerprint density at radius 1 is 1.31 bits per heavy atom. The van der Waals surface area contributed by atoms with Crippen LogP contribution in [-0.2, 0) is 18.4 Å². The van der Waals surface area contributed by atoms with Crippen LogP contribution >= 0.6 is 24.0 Å². The number of piperazine rings is 1. The highest BCUT2D eigenvalue weighted by atomic mass is 127. The number of aromatic nitrogens is 3. The Labute approximate surface area is 190 Å². The van der Waals surface area contributed by atoms with Crippen LogP contribution in [0.4, 0.5) is 0 Å². The van der Waals surface area contributed by atoms with Crippen molar-refractivity contribution in [3.8, 4) is 0 Å². The Hall–Kier alpha value is -1.43. The van der Waals surface area contributed by atoms with Gasteiger partial charge in [-0.15, -0.1) is 24.0 Å². The van der Waals surface area contributed by atoms with Crippen molar-refractivity contribution in [1.29, 1.82) is 0 Å². The van der Waals surface area contributed by atoms with Crippen LogP contribution in [0.5, 0.6) is 0 Å². The van der Waals surface area contributed by atoms with Gasteiger partial charge in [0.1, 0.15) is 12.2 Å². The van der Waals surface area contributed by atoms with E-state index in [1.54, 1.807) is 11.0 Å². The molecule has 1 saturated heterocycles. The lowest BCUT2D eigenvalue weighted by atomic mass is 9.84. The summed E-state index contributed by atoms with van der Waals surface area (Å²) in [6, 6.07) is 0. The standard InChI is InChI=1S/C19H34N8O.HI/c1-4-20-19(24(2)14-17-22-15-23-25(17)3)21-8-9-26-10-12-27(13-11-26)18(28)16-6-5-7-16;/h15-16H,4-14H2,1-3H3,(H,20,21);1H. The molecule has 29 heavy (non-hydrogen) atoms. The molecule has 1 aromatic heterocycles. The van der Waals surface area contributed by atoms with Crippen molar-refractivity contribution in [3.63, 3.8) is 0 Å². The summed E-state index contributed by atoms with van der Waals surface area (Å²) < 4.78 is 1.78. The van der Waals surface area contributed by atoms with Gasteiger partial charge in [0, 0.05) is 59.3 Å². The predicted molar refractivity (Wildman–Crippen MR) is 124 cm³/mol. The van der Waals surface area contributed by atoms with E-state index in [-0.39, 0.29) is 24.0 Å². The van der Waals surface area contributed by atoms with Crippen LogP contribution in [0.15, 0.2) is 11.3 Å². The third-order valence-electron chi connectivity index (χ3n) is 5.70. The molecule has 1 saturated carbocycles. The van der Waals surface area contributed by atoms with E-state index in [2.05, 4.69) is 37.0 Å². The maximum absolute atomic E-state index is 12.4. The summed E-state index contributed by atoms with van der Waals surface area (Å²) in [5, 5.41) is 7.47. The van der Waals surface area contributed by atoms with E-state index in [4.69, 9.17) is 4.99 Å². The number of nitrogens with one attached hydrogen (secondary N) is 1. The smallest absolute Gasteiger partial charge is 0.225 e. The third-order valence-corrected chi connectivity index (χ3v) is 5.70. The molecule has 0 radical (unpaired) electrons. The molecule has 1 aliphatic heterocycles. The van der Waals surface area contributed by atoms with Gasteiger partial charge in [-0.1, -0.05) is 6.42 Å². The van der Waals surface area contributed by atoms with E-state index in [1.807, 2.05) is 14.1 Å². The van der Waals surface area contributed by atoms with Crippen molar-refractivity contribution in [2.75, 3.05) is 52.9 Å². The molecule has 1 N–H and O–H groups in total. The Balaban J connectivity index is 0.00000300. The number of hydrogen-bond acceptors (Lipinski definition) is 5. The first-order valence-corrected chi connectivity index (χ1v) is 10.4. The predicted octanol–water partition coefficient (Wildman–Crippen LogP) is 0.775. The van der Waals surface area contributed by atoms with Crippen molar-refractivity contribution in [3.05, 3.63) is 12.2 Å². The molecule has 3 rings (SSSR count). The van der Waals surface area contributed by atoms with E-state index in [9.17, 15) is 4.79 Å². The minimum absolute atomic E-state index is 0. The van der Waals surface area contributed by atoms with Gasteiger partial charge < -0.3 is 15.1 Å². The van der Waals surface area contributed by atoms with Crippen LogP contribution in [0.1, 0.15) is 32.0 Å². The molecule has 0 spiro atoms. The first kappa shape index (κ1) is 23.8. The number of carbonyl (C=O) groups is 1. The fourth-order valence-corrected chi connectivity index (χ4v) is 3.62. The lowest BCUT2D eigenvalue weighted by Crippen LogP contribution is -2.51. The molecule has 2 fully saturated rings. The summed E-state index contributed by atoms with van der Waals surface area (Å²) in [6.45, 7) is 8.80. The van der Waals surface area contributed by atoms with Crippen molar-refractivity contribution in [1.82, 2.24) is 34.8 Å². The average Bonchev–Trinajstić information content (AvgIpc) is 3.04. The molecule has 0 aromatic carbocycles. The molecule has 2 heterocycles. The van der Waals surface area contributed by atoms with Gasteiger partial charge in [0.15, 0.2) is 5.96 Å². The molecule has 1 aliphatic carbocycles. The normalized spacial score (nSPS) is 18.2. The minimum Gasteiger partial charge on any atom is -0.357 e. The van der Waals surface area contributed by atoms with Crippen LogP contribution in [0.25, 0.3) is 0 Å². The highest BCUT2D eigenvalue weighted by molar-refractivity contribution is 14.0. The van der Waals surface area contributed by atoms with Gasteiger partial charge >= 0.3 is 0 Å². The summed E-state index contributed by atoms with van der Waals surface area (Å²) in [4.78, 5) is 27.9. The van der Waals surface area contributed by atoms with E-state index in [1.165, 1.54) is 6.42 Å². The van der Waals surface area contributed by atoms with E-state index < -0.39 is 0 Å². The zero-order valence-corrected chi connectivity index (χ0v) is 20.2. The van der Waals surface area contributed by atoms with Gasteiger partial charge in [-0.2, -0.15) is 5.10 Å². The van der Waals surface area contributed by atoms with Crippen molar-refractivity contribution in [2.45, 2.75) is 32.7 Å². The molecule has 0 unspecified atom stereocenters. The largest absolute Gasteiger partial charge is 0.357 e. The van der Waals surface area contributed by atoms with Crippen molar-refractivity contribution >= 4 is 35.8 Å². The summed E-state index contributed by atoms with van der Waals surface area (Å²) in [7, 11) is 3.91. The van der Waals surface area contributed by atoms with Gasteiger partial charge in [0.25, 0.3) is 0 Å². The third kappa shape index (κ3) is 6.53. The molecule has 0 bridgehead atoms. The number of amides is 1. The van der Waals surface area contributed by atoms with Gasteiger partial charge in [-0.05, 0) is 19.8 Å². The number of guanidine groups is 1. The molecule has 1 aromatic rings. The first-order chi connectivity index (χ1) is 13.6. The maximum Gasteiger partial charge on any atom is 0.225 e. The molecule has 0 atom stereocenters. The monoisotopic (exact) mass is 518 g/mol. The second-order valence-electron chi connectivity index (χ2n) is 7.69. The second-order valence-corrected chi connectivity index (χ2v) is 7.69. The molecule has 1 amide bonds. The highest BCUT2D eigenvalue weighted by Gasteiger charge is 2.30. The van der Waals surface area contributed by atoms with Crippen LogP contribution < -0.4 is 5.32 Å². The minimum atomic E-state index is 0. The molecule has 10 heteroatoms. The van der Waals surface area contributed by atoms with E-state index in [0.717, 1.165) is 70.4 Å². The topological polar surface area (TPSA) is 81.9 Å². The Bertz CT molecular complexity index is 667. The molecular formula is C19H35IN8O. The first-order valence-electron chi connectivity index (χ1n) is 10.4. The molecule has 164 valence electrons. The maximum atomic E-state index is 12.4. The van der Waals surface area contributed by atoms with Crippen LogP contribution in [0.3, 0.4) is 0 Å². The zero-order valence-electron chi connectivity index (χ0n) is 17.9. The number of aliphatic imine (C=N–C) groups is 1. The van der Waals surface area contributed by atoms with Crippen molar-refractivity contribution in [2.24, 2.45) is 18.0 Å². The second kappa shape index (κ2) is 11.7. The lowest BCUT2D eigenvalue weighted by Gasteiger charge is -2.38. The quantitative estimate of drug-likeness (QED) is 0.327. The Kier molecular flexibility index (Phi) is 9.60. The van der Waals surface area contributed by atoms with E-state index >= 15 is 0 Å². The SMILES string of the molecule is CCNC(=NCCN1CCN(C(=O)C2CCC2)CC1)N(C)Cc1ncnn1C.I. The Morgan fingerprint density at radius 2 is 2.03 bits per heavy atom. The lowest BCUT2D eigenvalue weighted by molar-refractivity contribution is -0.139. The van der Waals surface area contributed by atoms with Crippen LogP contribution in [-0.4, -0.2) is 94.2 Å². The zero-order chi connectivity index (χ0) is 19.9. The van der Waals surface area contributed by atoms with E-state index in [0.29, 0.717) is 18.4 Å². The Morgan fingerprint density at radius 3 is 2.59 bits per heavy atom. The fourth-order valence-electron chi connectivity index (χ4n) is 3.62. The fraction of sp³-hybridized carbons (Fsp3) is 0.789. The summed E-state index contributed by atoms with van der Waals surface area (Å²) in [6.07, 6.45) is 4.96. The summed E-state index contributed by atoms with van der Waals surface area (Å²) in [5.74, 6) is 2.47. The molecule has 9 nitrogen and oxygen atoms in total. The van der Waals surface area contributed by atoms with Crippen molar-refractivity contribution < 1.29 is 4.79 Å². The number of halogens is 1.